The summed E-state index contributed by atoms with van der Waals surface area (Å²) >= 11 is 0. The molecule has 0 atom stereocenters. The predicted octanol–water partition coefficient (Wildman–Crippen LogP) is 10.9. The molecule has 3 heteroatoms. The van der Waals surface area contributed by atoms with Gasteiger partial charge in [0.2, 0.25) is 0 Å². The van der Waals surface area contributed by atoms with Crippen LogP contribution in [-0.4, -0.2) is 14.5 Å². The molecular weight excluding hydrogens is 546 g/mol. The van der Waals surface area contributed by atoms with Crippen LogP contribution in [0.2, 0.25) is 0 Å². The Kier molecular flexibility index (Phi) is 5.82. The molecule has 0 bridgehead atoms. The van der Waals surface area contributed by atoms with Crippen molar-refractivity contribution in [3.05, 3.63) is 164 Å². The molecule has 0 spiro atoms. The van der Waals surface area contributed by atoms with E-state index in [1.54, 1.807) is 0 Å². The molecule has 9 aromatic rings. The van der Waals surface area contributed by atoms with Crippen molar-refractivity contribution in [2.24, 2.45) is 0 Å². The Hall–Kier alpha value is -6.06. The highest BCUT2D eigenvalue weighted by Gasteiger charge is 2.18. The second-order valence-electron chi connectivity index (χ2n) is 11.5. The monoisotopic (exact) mass is 573 g/mol. The highest BCUT2D eigenvalue weighted by atomic mass is 15.0. The minimum absolute atomic E-state index is 0.971. The van der Waals surface area contributed by atoms with Crippen molar-refractivity contribution >= 4 is 43.4 Å². The van der Waals surface area contributed by atoms with Crippen LogP contribution in [0.5, 0.6) is 0 Å². The Morgan fingerprint density at radius 1 is 0.400 bits per heavy atom. The van der Waals surface area contributed by atoms with Crippen molar-refractivity contribution in [2.75, 3.05) is 0 Å². The van der Waals surface area contributed by atoms with Gasteiger partial charge in [-0.1, -0.05) is 103 Å². The van der Waals surface area contributed by atoms with Gasteiger partial charge in [-0.2, -0.15) is 0 Å². The molecule has 0 aliphatic heterocycles. The van der Waals surface area contributed by atoms with Gasteiger partial charge in [0.25, 0.3) is 0 Å². The predicted molar refractivity (Wildman–Crippen MR) is 188 cm³/mol. The number of hydrogen-bond donors (Lipinski definition) is 0. The molecule has 210 valence electrons. The molecule has 3 aromatic heterocycles. The minimum Gasteiger partial charge on any atom is -0.308 e. The number of pyridine rings is 2. The third-order valence-electron chi connectivity index (χ3n) is 8.94. The van der Waals surface area contributed by atoms with Crippen molar-refractivity contribution < 1.29 is 0 Å². The zero-order valence-electron chi connectivity index (χ0n) is 24.4. The fourth-order valence-electron chi connectivity index (χ4n) is 6.76. The molecule has 9 rings (SSSR count). The maximum absolute atomic E-state index is 4.66. The molecule has 0 saturated carbocycles. The Labute approximate surface area is 260 Å². The standard InChI is InChI=1S/C42H27N3/c1-2-8-35-31(6-1)7-5-10-40(35)45-41-27-34(39-9-3-4-23-44-39)17-19-37(41)38-20-16-33-26-32(15-18-36(33)42(38)45)29-13-11-28(12-14-29)30-21-24-43-25-22-30/h1-27H. The topological polar surface area (TPSA) is 30.7 Å². The lowest BCUT2D eigenvalue weighted by molar-refractivity contribution is 1.20. The van der Waals surface area contributed by atoms with Gasteiger partial charge >= 0.3 is 0 Å². The Bertz CT molecular complexity index is 2510. The van der Waals surface area contributed by atoms with E-state index in [2.05, 4.69) is 136 Å². The van der Waals surface area contributed by atoms with Crippen molar-refractivity contribution in [2.45, 2.75) is 0 Å². The summed E-state index contributed by atoms with van der Waals surface area (Å²) in [6.45, 7) is 0. The maximum Gasteiger partial charge on any atom is 0.0702 e. The fourth-order valence-corrected chi connectivity index (χ4v) is 6.76. The van der Waals surface area contributed by atoms with Gasteiger partial charge in [-0.3, -0.25) is 9.97 Å². The quantitative estimate of drug-likeness (QED) is 0.210. The molecule has 45 heavy (non-hydrogen) atoms. The van der Waals surface area contributed by atoms with E-state index in [0.29, 0.717) is 0 Å². The van der Waals surface area contributed by atoms with Crippen LogP contribution < -0.4 is 0 Å². The smallest absolute Gasteiger partial charge is 0.0702 e. The van der Waals surface area contributed by atoms with Gasteiger partial charge in [-0.25, -0.2) is 0 Å². The van der Waals surface area contributed by atoms with E-state index in [0.717, 1.165) is 11.3 Å². The largest absolute Gasteiger partial charge is 0.308 e. The third-order valence-corrected chi connectivity index (χ3v) is 8.94. The van der Waals surface area contributed by atoms with Crippen LogP contribution >= 0.6 is 0 Å². The molecule has 0 radical (unpaired) electrons. The normalized spacial score (nSPS) is 11.6. The number of fused-ring (bicyclic) bond motifs is 6. The molecule has 0 N–H and O–H groups in total. The first kappa shape index (κ1) is 25.4. The van der Waals surface area contributed by atoms with Crippen LogP contribution in [-0.2, 0) is 0 Å². The molecule has 6 aromatic carbocycles. The minimum atomic E-state index is 0.971. The SMILES string of the molecule is c1ccc(-c2ccc3c4ccc5cc(-c6ccc(-c7ccncc7)cc6)ccc5c4n(-c4cccc5ccccc45)c3c2)nc1. The van der Waals surface area contributed by atoms with E-state index >= 15 is 0 Å². The van der Waals surface area contributed by atoms with Crippen molar-refractivity contribution in [1.29, 1.82) is 0 Å². The van der Waals surface area contributed by atoms with Crippen molar-refractivity contribution in [3.8, 4) is 39.2 Å². The Morgan fingerprint density at radius 2 is 1.09 bits per heavy atom. The summed E-state index contributed by atoms with van der Waals surface area (Å²) in [5, 5.41) is 7.37. The van der Waals surface area contributed by atoms with Crippen LogP contribution in [0.3, 0.4) is 0 Å². The van der Waals surface area contributed by atoms with Gasteiger partial charge < -0.3 is 4.57 Å². The van der Waals surface area contributed by atoms with E-state index in [1.807, 2.05) is 42.9 Å². The molecule has 0 fully saturated rings. The number of aromatic nitrogens is 3. The fraction of sp³-hybridized carbons (Fsp3) is 0. The van der Waals surface area contributed by atoms with Gasteiger partial charge in [-0.15, -0.1) is 0 Å². The van der Waals surface area contributed by atoms with Crippen LogP contribution in [0.25, 0.3) is 82.5 Å². The molecule has 0 saturated heterocycles. The van der Waals surface area contributed by atoms with Gasteiger partial charge in [-0.05, 0) is 75.5 Å². The van der Waals surface area contributed by atoms with Gasteiger partial charge in [0.15, 0.2) is 0 Å². The number of rotatable bonds is 4. The molecule has 0 amide bonds. The van der Waals surface area contributed by atoms with Crippen LogP contribution in [0.4, 0.5) is 0 Å². The summed E-state index contributed by atoms with van der Waals surface area (Å²) in [6, 6.07) is 52.4. The Morgan fingerprint density at radius 3 is 1.93 bits per heavy atom. The van der Waals surface area contributed by atoms with Crippen LogP contribution in [0, 0.1) is 0 Å². The lowest BCUT2D eigenvalue weighted by Gasteiger charge is -2.14. The number of hydrogen-bond acceptors (Lipinski definition) is 2. The van der Waals surface area contributed by atoms with Gasteiger partial charge in [0.05, 0.1) is 22.4 Å². The zero-order chi connectivity index (χ0) is 29.7. The Balaban J connectivity index is 1.28. The van der Waals surface area contributed by atoms with Gasteiger partial charge in [0, 0.05) is 45.7 Å². The number of benzene rings is 6. The average molecular weight is 574 g/mol. The molecule has 0 unspecified atom stereocenters. The van der Waals surface area contributed by atoms with Gasteiger partial charge in [0.1, 0.15) is 0 Å². The lowest BCUT2D eigenvalue weighted by Crippen LogP contribution is -1.96. The lowest BCUT2D eigenvalue weighted by atomic mass is 9.97. The van der Waals surface area contributed by atoms with E-state index in [-0.39, 0.29) is 0 Å². The molecule has 3 heterocycles. The van der Waals surface area contributed by atoms with E-state index in [9.17, 15) is 0 Å². The summed E-state index contributed by atoms with van der Waals surface area (Å²) in [6.07, 6.45) is 5.53. The highest BCUT2D eigenvalue weighted by Crippen LogP contribution is 2.40. The first-order valence-corrected chi connectivity index (χ1v) is 15.2. The summed E-state index contributed by atoms with van der Waals surface area (Å²) < 4.78 is 2.46. The first-order chi connectivity index (χ1) is 22.3. The third kappa shape index (κ3) is 4.21. The average Bonchev–Trinajstić information content (AvgIpc) is 3.46. The second kappa shape index (κ2) is 10.3. The highest BCUT2D eigenvalue weighted by molar-refractivity contribution is 6.20. The molecular formula is C42H27N3. The van der Waals surface area contributed by atoms with Crippen molar-refractivity contribution in [1.82, 2.24) is 14.5 Å². The summed E-state index contributed by atoms with van der Waals surface area (Å²) in [4.78, 5) is 8.82. The molecule has 0 aliphatic rings. The maximum atomic E-state index is 4.66. The summed E-state index contributed by atoms with van der Waals surface area (Å²) in [5.41, 5.74) is 10.4. The first-order valence-electron chi connectivity index (χ1n) is 15.2. The van der Waals surface area contributed by atoms with Crippen LogP contribution in [0.15, 0.2) is 164 Å². The van der Waals surface area contributed by atoms with E-state index < -0.39 is 0 Å². The number of nitrogens with zero attached hydrogens (tertiary/aromatic N) is 3. The van der Waals surface area contributed by atoms with Crippen molar-refractivity contribution in [3.63, 3.8) is 0 Å². The molecule has 3 nitrogen and oxygen atoms in total. The zero-order valence-corrected chi connectivity index (χ0v) is 24.4. The van der Waals surface area contributed by atoms with Crippen LogP contribution in [0.1, 0.15) is 0 Å². The molecule has 0 aliphatic carbocycles. The second-order valence-corrected chi connectivity index (χ2v) is 11.5. The summed E-state index contributed by atoms with van der Waals surface area (Å²) in [7, 11) is 0. The van der Waals surface area contributed by atoms with E-state index in [1.165, 1.54) is 71.3 Å². The van der Waals surface area contributed by atoms with E-state index in [4.69, 9.17) is 0 Å². The summed E-state index contributed by atoms with van der Waals surface area (Å²) in [5.74, 6) is 0.